The van der Waals surface area contributed by atoms with Gasteiger partial charge in [-0.25, -0.2) is 10.5 Å². The van der Waals surface area contributed by atoms with E-state index in [4.69, 9.17) is 15.0 Å². The molecule has 1 heterocycles. The van der Waals surface area contributed by atoms with Crippen molar-refractivity contribution in [2.45, 2.75) is 46.6 Å². The number of nitrogens with zero attached hydrogens (tertiary/aromatic N) is 3. The highest BCUT2D eigenvalue weighted by Crippen LogP contribution is 2.38. The number of fused-ring (bicyclic) bond motifs is 1. The molecule has 0 saturated heterocycles. The lowest BCUT2D eigenvalue weighted by Gasteiger charge is -2.18. The predicted molar refractivity (Wildman–Crippen MR) is 109 cm³/mol. The monoisotopic (exact) mass is 406 g/mol. The van der Waals surface area contributed by atoms with Gasteiger partial charge in [0.2, 0.25) is 0 Å². The van der Waals surface area contributed by atoms with E-state index >= 15 is 0 Å². The molecule has 1 N–H and O–H groups in total. The molecule has 28 heavy (non-hydrogen) atoms. The molecule has 2 aromatic rings. The highest BCUT2D eigenvalue weighted by molar-refractivity contribution is 7.22. The fourth-order valence-corrected chi connectivity index (χ4v) is 3.68. The zero-order valence-corrected chi connectivity index (χ0v) is 17.5. The summed E-state index contributed by atoms with van der Waals surface area (Å²) in [5.41, 5.74) is 8.55. The maximum Gasteiger partial charge on any atom is 0.325 e. The second-order valence-electron chi connectivity index (χ2n) is 6.32. The molecule has 0 amide bonds. The minimum atomic E-state index is -0.414. The number of rotatable bonds is 11. The first-order valence-corrected chi connectivity index (χ1v) is 10.1. The Balaban J connectivity index is 2.39. The average molecular weight is 407 g/mol. The molecule has 8 nitrogen and oxygen atoms in total. The maximum atomic E-state index is 11.9. The largest absolute Gasteiger partial charge is 0.488 e. The molecule has 0 unspecified atom stereocenters. The summed E-state index contributed by atoms with van der Waals surface area (Å²) >= 11 is 1.33. The Morgan fingerprint density at radius 1 is 1.25 bits per heavy atom. The smallest absolute Gasteiger partial charge is 0.325 e. The Morgan fingerprint density at radius 3 is 2.54 bits per heavy atom. The van der Waals surface area contributed by atoms with E-state index in [1.807, 2.05) is 13.8 Å². The number of carbonyl (C=O) groups excluding carboxylic acids is 2. The summed E-state index contributed by atoms with van der Waals surface area (Å²) in [6.45, 7) is 7.56. The van der Waals surface area contributed by atoms with Crippen molar-refractivity contribution in [1.82, 2.24) is 4.98 Å². The summed E-state index contributed by atoms with van der Waals surface area (Å²) in [5.74, 6) is 0.0160. The first-order chi connectivity index (χ1) is 13.4. The molecule has 0 radical (unpaired) electrons. The SMILES string of the molecule is CCOC(=O)CN(CC(C)=O)c1nc2cc(OC(CC)CC)c(N=N)cc2s1. The van der Waals surface area contributed by atoms with Gasteiger partial charge in [0.05, 0.1) is 29.5 Å². The van der Waals surface area contributed by atoms with E-state index < -0.39 is 5.97 Å². The van der Waals surface area contributed by atoms with Crippen molar-refractivity contribution < 1.29 is 19.1 Å². The van der Waals surface area contributed by atoms with Gasteiger partial charge in [0.1, 0.15) is 23.8 Å². The Bertz CT molecular complexity index is 848. The van der Waals surface area contributed by atoms with Gasteiger partial charge >= 0.3 is 5.97 Å². The molecule has 0 spiro atoms. The van der Waals surface area contributed by atoms with E-state index in [2.05, 4.69) is 10.1 Å². The molecular weight excluding hydrogens is 380 g/mol. The number of ketones is 1. The van der Waals surface area contributed by atoms with E-state index in [1.54, 1.807) is 24.0 Å². The van der Waals surface area contributed by atoms with Crippen LogP contribution >= 0.6 is 11.3 Å². The zero-order chi connectivity index (χ0) is 20.7. The fraction of sp³-hybridized carbons (Fsp3) is 0.526. The first-order valence-electron chi connectivity index (χ1n) is 9.30. The quantitative estimate of drug-likeness (QED) is 0.435. The lowest BCUT2D eigenvalue weighted by atomic mass is 10.2. The third-order valence-electron chi connectivity index (χ3n) is 4.09. The second kappa shape index (κ2) is 10.1. The van der Waals surface area contributed by atoms with Gasteiger partial charge in [0, 0.05) is 6.07 Å². The number of hydrogen-bond acceptors (Lipinski definition) is 9. The highest BCUT2D eigenvalue weighted by atomic mass is 32.1. The van der Waals surface area contributed by atoms with Crippen molar-refractivity contribution >= 4 is 44.1 Å². The maximum absolute atomic E-state index is 11.9. The molecule has 0 aliphatic carbocycles. The molecule has 152 valence electrons. The number of ether oxygens (including phenoxy) is 2. The number of esters is 1. The van der Waals surface area contributed by atoms with Crippen LogP contribution in [0.3, 0.4) is 0 Å². The lowest BCUT2D eigenvalue weighted by molar-refractivity contribution is -0.141. The highest BCUT2D eigenvalue weighted by Gasteiger charge is 2.20. The van der Waals surface area contributed by atoms with Crippen LogP contribution in [-0.4, -0.2) is 42.5 Å². The van der Waals surface area contributed by atoms with Crippen molar-refractivity contribution in [2.75, 3.05) is 24.6 Å². The van der Waals surface area contributed by atoms with E-state index in [9.17, 15) is 9.59 Å². The van der Waals surface area contributed by atoms with Gasteiger partial charge in [-0.2, -0.15) is 5.11 Å². The number of thiazole rings is 1. The average Bonchev–Trinajstić information content (AvgIpc) is 3.07. The third-order valence-corrected chi connectivity index (χ3v) is 5.17. The molecule has 0 bridgehead atoms. The number of carbonyl (C=O) groups is 2. The molecule has 0 atom stereocenters. The Morgan fingerprint density at radius 2 is 1.96 bits per heavy atom. The number of benzene rings is 1. The van der Waals surface area contributed by atoms with Gasteiger partial charge in [-0.05, 0) is 32.8 Å². The molecule has 0 aliphatic rings. The number of anilines is 1. The fourth-order valence-electron chi connectivity index (χ4n) is 2.71. The zero-order valence-electron chi connectivity index (χ0n) is 16.7. The van der Waals surface area contributed by atoms with Crippen LogP contribution < -0.4 is 9.64 Å². The minimum Gasteiger partial charge on any atom is -0.488 e. The van der Waals surface area contributed by atoms with Crippen molar-refractivity contribution in [1.29, 1.82) is 5.53 Å². The van der Waals surface area contributed by atoms with Crippen LogP contribution in [0.4, 0.5) is 10.8 Å². The third kappa shape index (κ3) is 5.48. The van der Waals surface area contributed by atoms with Crippen LogP contribution in [0, 0.1) is 5.53 Å². The summed E-state index contributed by atoms with van der Waals surface area (Å²) in [7, 11) is 0. The van der Waals surface area contributed by atoms with Crippen LogP contribution in [0.5, 0.6) is 5.75 Å². The molecule has 1 aromatic carbocycles. The van der Waals surface area contributed by atoms with Crippen molar-refractivity contribution in [3.63, 3.8) is 0 Å². The summed E-state index contributed by atoms with van der Waals surface area (Å²) in [4.78, 5) is 29.7. The second-order valence-corrected chi connectivity index (χ2v) is 7.32. The number of aromatic nitrogens is 1. The number of Topliss-reactive ketones (excluding diaryl/α,β-unsaturated/α-hetero) is 1. The molecule has 1 aromatic heterocycles. The van der Waals surface area contributed by atoms with Crippen LogP contribution in [0.1, 0.15) is 40.5 Å². The van der Waals surface area contributed by atoms with Crippen molar-refractivity contribution in [3.05, 3.63) is 12.1 Å². The molecule has 2 rings (SSSR count). The number of nitrogens with one attached hydrogen (secondary N) is 1. The van der Waals surface area contributed by atoms with Gasteiger partial charge in [-0.15, -0.1) is 0 Å². The van der Waals surface area contributed by atoms with Crippen LogP contribution in [-0.2, 0) is 14.3 Å². The normalized spacial score (nSPS) is 10.9. The van der Waals surface area contributed by atoms with Crippen LogP contribution in [0.25, 0.3) is 10.2 Å². The molecule has 0 fully saturated rings. The lowest BCUT2D eigenvalue weighted by Crippen LogP contribution is -2.34. The van der Waals surface area contributed by atoms with Crippen molar-refractivity contribution in [2.24, 2.45) is 5.11 Å². The van der Waals surface area contributed by atoms with Crippen LogP contribution in [0.15, 0.2) is 17.2 Å². The summed E-state index contributed by atoms with van der Waals surface area (Å²) in [6, 6.07) is 3.51. The van der Waals surface area contributed by atoms with Gasteiger partial charge in [-0.3, -0.25) is 9.59 Å². The predicted octanol–water partition coefficient (Wildman–Crippen LogP) is 4.48. The summed E-state index contributed by atoms with van der Waals surface area (Å²) in [6.07, 6.45) is 1.73. The summed E-state index contributed by atoms with van der Waals surface area (Å²) in [5, 5.41) is 4.12. The standard InChI is InChI=1S/C19H26N4O4S/c1-5-13(6-2)27-16-8-15-17(9-14(16)22-20)28-19(21-15)23(10-12(4)24)11-18(25)26-7-3/h8-9,13,20H,5-7,10-11H2,1-4H3. The van der Waals surface area contributed by atoms with Gasteiger partial charge < -0.3 is 14.4 Å². The minimum absolute atomic E-state index is 0.0362. The molecular formula is C19H26N4O4S. The molecule has 0 aliphatic heterocycles. The number of hydrogen-bond donors (Lipinski definition) is 1. The van der Waals surface area contributed by atoms with E-state index in [0.29, 0.717) is 22.1 Å². The van der Waals surface area contributed by atoms with E-state index in [0.717, 1.165) is 17.5 Å². The summed E-state index contributed by atoms with van der Waals surface area (Å²) < 4.78 is 11.8. The molecule has 9 heteroatoms. The van der Waals surface area contributed by atoms with E-state index in [-0.39, 0.29) is 31.6 Å². The van der Waals surface area contributed by atoms with Crippen molar-refractivity contribution in [3.8, 4) is 5.75 Å². The first kappa shape index (κ1) is 21.7. The van der Waals surface area contributed by atoms with Gasteiger partial charge in [0.15, 0.2) is 5.13 Å². The topological polar surface area (TPSA) is 105 Å². The Kier molecular flexibility index (Phi) is 7.86. The van der Waals surface area contributed by atoms with E-state index in [1.165, 1.54) is 18.3 Å². The Hall–Kier alpha value is -2.55. The van der Waals surface area contributed by atoms with Gasteiger partial charge in [0.25, 0.3) is 0 Å². The van der Waals surface area contributed by atoms with Gasteiger partial charge in [-0.1, -0.05) is 25.2 Å². The Labute approximate surface area is 168 Å². The molecule has 0 saturated carbocycles. The van der Waals surface area contributed by atoms with Crippen LogP contribution in [0.2, 0.25) is 0 Å².